The Hall–Kier alpha value is -1.20. The van der Waals surface area contributed by atoms with Gasteiger partial charge in [0.1, 0.15) is 0 Å². The molecule has 164 valence electrons. The van der Waals surface area contributed by atoms with Crippen molar-refractivity contribution in [2.75, 3.05) is 0 Å². The zero-order valence-electron chi connectivity index (χ0n) is 18.1. The van der Waals surface area contributed by atoms with E-state index in [4.69, 9.17) is 16.3 Å². The first-order chi connectivity index (χ1) is 14.0. The van der Waals surface area contributed by atoms with Gasteiger partial charge in [0.05, 0.1) is 11.5 Å². The maximum Gasteiger partial charge on any atom is 0.303 e. The molecule has 10 unspecified atom stereocenters. The van der Waals surface area contributed by atoms with Crippen LogP contribution >= 0.6 is 11.6 Å². The summed E-state index contributed by atoms with van der Waals surface area (Å²) in [7, 11) is 0. The lowest BCUT2D eigenvalue weighted by Crippen LogP contribution is -2.63. The molecule has 0 aromatic carbocycles. The van der Waals surface area contributed by atoms with Crippen LogP contribution in [0.1, 0.15) is 59.8 Å². The zero-order chi connectivity index (χ0) is 21.8. The van der Waals surface area contributed by atoms with E-state index in [0.717, 1.165) is 31.3 Å². The van der Waals surface area contributed by atoms with E-state index in [9.17, 15) is 19.5 Å². The van der Waals surface area contributed by atoms with Gasteiger partial charge in [0.25, 0.3) is 0 Å². The van der Waals surface area contributed by atoms with Gasteiger partial charge in [-0.15, -0.1) is 11.6 Å². The summed E-state index contributed by atoms with van der Waals surface area (Å²) in [6.45, 7) is 7.20. The van der Waals surface area contributed by atoms with Gasteiger partial charge >= 0.3 is 5.97 Å². The third kappa shape index (κ3) is 2.26. The molecule has 6 heteroatoms. The Morgan fingerprint density at radius 2 is 1.80 bits per heavy atom. The van der Waals surface area contributed by atoms with Crippen LogP contribution in [0.2, 0.25) is 0 Å². The first-order valence-electron chi connectivity index (χ1n) is 11.3. The molecule has 4 fully saturated rings. The minimum absolute atomic E-state index is 0.0453. The van der Waals surface area contributed by atoms with Crippen molar-refractivity contribution < 1.29 is 24.2 Å². The number of esters is 1. The second kappa shape index (κ2) is 6.19. The smallest absolute Gasteiger partial charge is 0.303 e. The summed E-state index contributed by atoms with van der Waals surface area (Å²) in [6.07, 6.45) is 4.68. The minimum atomic E-state index is -1.13. The molecule has 0 aromatic rings. The van der Waals surface area contributed by atoms with Gasteiger partial charge in [-0.2, -0.15) is 0 Å². The predicted octanol–water partition coefficient (Wildman–Crippen LogP) is 3.45. The molecule has 5 aliphatic rings. The van der Waals surface area contributed by atoms with Crippen LogP contribution in [-0.4, -0.2) is 39.7 Å². The van der Waals surface area contributed by atoms with Gasteiger partial charge in [-0.05, 0) is 79.8 Å². The van der Waals surface area contributed by atoms with E-state index in [1.165, 1.54) is 13.8 Å². The molecule has 0 spiro atoms. The van der Waals surface area contributed by atoms with Crippen molar-refractivity contribution in [2.45, 2.75) is 76.9 Å². The number of fused-ring (bicyclic) bond motifs is 7. The largest absolute Gasteiger partial charge is 0.451 e. The van der Waals surface area contributed by atoms with Crippen LogP contribution in [0.4, 0.5) is 0 Å². The van der Waals surface area contributed by atoms with Crippen LogP contribution in [0.15, 0.2) is 11.6 Å². The van der Waals surface area contributed by atoms with E-state index in [2.05, 4.69) is 13.8 Å². The van der Waals surface area contributed by atoms with Gasteiger partial charge in [-0.1, -0.05) is 13.8 Å². The molecule has 0 aliphatic heterocycles. The Labute approximate surface area is 182 Å². The highest BCUT2D eigenvalue weighted by Crippen LogP contribution is 2.73. The Kier molecular flexibility index (Phi) is 4.27. The molecule has 5 nitrogen and oxygen atoms in total. The SMILES string of the molecule is CC(=O)OC1(C(C)=O)CCC2C3C(O)C(Cl)C4=CC(=O)C5CC5C4(C)C3CCC21C. The molecule has 5 rings (SSSR count). The number of carbonyl (C=O) groups is 3. The molecule has 5 aliphatic carbocycles. The number of carbonyl (C=O) groups excluding carboxylic acids is 3. The number of hydrogen-bond acceptors (Lipinski definition) is 5. The summed E-state index contributed by atoms with van der Waals surface area (Å²) in [4.78, 5) is 37.2. The van der Waals surface area contributed by atoms with Gasteiger partial charge in [-0.3, -0.25) is 14.4 Å². The van der Waals surface area contributed by atoms with E-state index >= 15 is 0 Å². The molecule has 0 radical (unpaired) electrons. The number of Topliss-reactive ketones (excluding diaryl/α,β-unsaturated/α-hetero) is 1. The molecular weight excluding hydrogens is 404 g/mol. The third-order valence-electron chi connectivity index (χ3n) is 9.95. The van der Waals surface area contributed by atoms with Crippen LogP contribution in [0, 0.1) is 40.4 Å². The average Bonchev–Trinajstić information content (AvgIpc) is 3.43. The summed E-state index contributed by atoms with van der Waals surface area (Å²) >= 11 is 6.83. The number of aliphatic hydroxyl groups is 1. The second-order valence-corrected chi connectivity index (χ2v) is 11.4. The fraction of sp³-hybridized carbons (Fsp3) is 0.792. The maximum atomic E-state index is 12.8. The Morgan fingerprint density at radius 1 is 1.13 bits per heavy atom. The van der Waals surface area contributed by atoms with Crippen molar-refractivity contribution >= 4 is 29.1 Å². The predicted molar refractivity (Wildman–Crippen MR) is 111 cm³/mol. The lowest BCUT2D eigenvalue weighted by Gasteiger charge is -2.61. The van der Waals surface area contributed by atoms with E-state index < -0.39 is 28.5 Å². The molecule has 4 saturated carbocycles. The number of hydrogen-bond donors (Lipinski definition) is 1. The van der Waals surface area contributed by atoms with E-state index in [1.54, 1.807) is 6.08 Å². The Balaban J connectivity index is 1.59. The molecule has 0 aromatic heterocycles. The highest BCUT2D eigenvalue weighted by molar-refractivity contribution is 6.23. The molecule has 10 atom stereocenters. The van der Waals surface area contributed by atoms with Crippen molar-refractivity contribution in [3.05, 3.63) is 11.6 Å². The van der Waals surface area contributed by atoms with Crippen molar-refractivity contribution in [1.82, 2.24) is 0 Å². The Bertz CT molecular complexity index is 881. The van der Waals surface area contributed by atoms with Gasteiger partial charge < -0.3 is 9.84 Å². The monoisotopic (exact) mass is 434 g/mol. The topological polar surface area (TPSA) is 80.7 Å². The molecule has 1 N–H and O–H groups in total. The number of alkyl halides is 1. The highest BCUT2D eigenvalue weighted by atomic mass is 35.5. The summed E-state index contributed by atoms with van der Waals surface area (Å²) in [5, 5.41) is 10.8. The van der Waals surface area contributed by atoms with Gasteiger partial charge in [0, 0.05) is 18.3 Å². The molecule has 30 heavy (non-hydrogen) atoms. The fourth-order valence-corrected chi connectivity index (χ4v) is 8.95. The standard InChI is InChI=1S/C24H31ClO5/c1-11(26)24(30-12(2)27)8-6-14-19-15(5-7-22(14,24)3)23(4)16-9-13(16)18(28)10-17(23)20(25)21(19)29/h10,13-16,19-21,29H,5-9H2,1-4H3. The summed E-state index contributed by atoms with van der Waals surface area (Å²) in [5.74, 6) is 0.230. The van der Waals surface area contributed by atoms with Gasteiger partial charge in [-0.25, -0.2) is 0 Å². The van der Waals surface area contributed by atoms with E-state index in [0.29, 0.717) is 12.3 Å². The third-order valence-corrected chi connectivity index (χ3v) is 10.4. The quantitative estimate of drug-likeness (QED) is 0.531. The summed E-state index contributed by atoms with van der Waals surface area (Å²) < 4.78 is 5.79. The summed E-state index contributed by atoms with van der Waals surface area (Å²) in [5.41, 5.74) is -0.911. The van der Waals surface area contributed by atoms with Crippen molar-refractivity contribution in [1.29, 1.82) is 0 Å². The summed E-state index contributed by atoms with van der Waals surface area (Å²) in [6, 6.07) is 0. The number of rotatable bonds is 2. The van der Waals surface area contributed by atoms with Crippen LogP contribution in [-0.2, 0) is 19.1 Å². The van der Waals surface area contributed by atoms with Crippen molar-refractivity contribution in [3.8, 4) is 0 Å². The van der Waals surface area contributed by atoms with E-state index in [1.807, 2.05) is 0 Å². The lowest BCUT2D eigenvalue weighted by atomic mass is 9.45. The second-order valence-electron chi connectivity index (χ2n) is 10.9. The first kappa shape index (κ1) is 20.7. The molecule has 0 bridgehead atoms. The Morgan fingerprint density at radius 3 is 2.43 bits per heavy atom. The van der Waals surface area contributed by atoms with Crippen molar-refractivity contribution in [2.24, 2.45) is 40.4 Å². The average molecular weight is 435 g/mol. The van der Waals surface area contributed by atoms with Crippen LogP contribution in [0.5, 0.6) is 0 Å². The fourth-order valence-electron chi connectivity index (χ4n) is 8.48. The van der Waals surface area contributed by atoms with E-state index in [-0.39, 0.29) is 40.7 Å². The number of ketones is 2. The zero-order valence-corrected chi connectivity index (χ0v) is 18.9. The van der Waals surface area contributed by atoms with Crippen LogP contribution in [0.25, 0.3) is 0 Å². The first-order valence-corrected chi connectivity index (χ1v) is 11.7. The molecular formula is C24H31ClO5. The number of halogens is 1. The lowest BCUT2D eigenvalue weighted by molar-refractivity contribution is -0.192. The van der Waals surface area contributed by atoms with Gasteiger partial charge in [0.15, 0.2) is 17.2 Å². The molecule has 0 saturated heterocycles. The van der Waals surface area contributed by atoms with Crippen LogP contribution in [0.3, 0.4) is 0 Å². The molecule has 0 heterocycles. The van der Waals surface area contributed by atoms with Crippen molar-refractivity contribution in [3.63, 3.8) is 0 Å². The highest BCUT2D eigenvalue weighted by Gasteiger charge is 2.73. The number of aliphatic hydroxyl groups excluding tert-OH is 1. The normalized spacial score (nSPS) is 53.6. The maximum absolute atomic E-state index is 12.8. The number of ether oxygens (including phenoxy) is 1. The molecule has 0 amide bonds. The van der Waals surface area contributed by atoms with Gasteiger partial charge in [0.2, 0.25) is 0 Å². The minimum Gasteiger partial charge on any atom is -0.451 e. The van der Waals surface area contributed by atoms with Crippen LogP contribution < -0.4 is 0 Å².